The molecule has 2 rings (SSSR count). The molecule has 0 aliphatic heterocycles. The number of aromatic nitrogens is 2. The van der Waals surface area contributed by atoms with E-state index in [9.17, 15) is 14.0 Å². The number of carbonyl (C=O) groups is 1. The van der Waals surface area contributed by atoms with Gasteiger partial charge in [-0.05, 0) is 17.7 Å². The van der Waals surface area contributed by atoms with E-state index >= 15 is 0 Å². The Hall–Kier alpha value is -2.30. The summed E-state index contributed by atoms with van der Waals surface area (Å²) in [5, 5.41) is 0. The van der Waals surface area contributed by atoms with Crippen LogP contribution in [-0.4, -0.2) is 15.3 Å². The first-order valence-corrected chi connectivity index (χ1v) is 5.43. The first-order chi connectivity index (χ1) is 8.66. The van der Waals surface area contributed by atoms with E-state index in [4.69, 9.17) is 0 Å². The van der Waals surface area contributed by atoms with Crippen LogP contribution in [0.4, 0.5) is 4.39 Å². The Morgan fingerprint density at radius 1 is 1.28 bits per heavy atom. The van der Waals surface area contributed by atoms with Crippen LogP contribution in [0.5, 0.6) is 0 Å². The minimum atomic E-state index is -0.487. The fourth-order valence-electron chi connectivity index (χ4n) is 1.61. The van der Waals surface area contributed by atoms with Gasteiger partial charge in [0.25, 0.3) is 0 Å². The predicted octanol–water partition coefficient (Wildman–Crippen LogP) is 1.19. The van der Waals surface area contributed by atoms with Crippen molar-refractivity contribution in [3.63, 3.8) is 0 Å². The van der Waals surface area contributed by atoms with Crippen molar-refractivity contribution in [1.82, 2.24) is 9.55 Å². The second kappa shape index (κ2) is 5.35. The monoisotopic (exact) mass is 246 g/mol. The van der Waals surface area contributed by atoms with E-state index in [2.05, 4.69) is 4.98 Å². The maximum atomic E-state index is 13.3. The normalized spacial score (nSPS) is 10.3. The molecule has 1 heterocycles. The van der Waals surface area contributed by atoms with Crippen molar-refractivity contribution < 1.29 is 9.18 Å². The summed E-state index contributed by atoms with van der Waals surface area (Å²) < 4.78 is 14.5. The molecule has 0 aliphatic rings. The lowest BCUT2D eigenvalue weighted by Gasteiger charge is -2.04. The second-order valence-corrected chi connectivity index (χ2v) is 3.84. The van der Waals surface area contributed by atoms with Crippen molar-refractivity contribution >= 4 is 5.78 Å². The molecule has 0 saturated heterocycles. The zero-order valence-corrected chi connectivity index (χ0v) is 9.54. The Labute approximate surface area is 103 Å². The van der Waals surface area contributed by atoms with Crippen LogP contribution in [-0.2, 0) is 17.8 Å². The van der Waals surface area contributed by atoms with E-state index in [1.54, 1.807) is 24.3 Å². The summed E-state index contributed by atoms with van der Waals surface area (Å²) in [5.74, 6) is -0.653. The van der Waals surface area contributed by atoms with Gasteiger partial charge in [0.2, 0.25) is 0 Å². The molecule has 0 saturated carbocycles. The average Bonchev–Trinajstić information content (AvgIpc) is 2.35. The van der Waals surface area contributed by atoms with Crippen LogP contribution in [0, 0.1) is 5.82 Å². The van der Waals surface area contributed by atoms with E-state index in [1.807, 2.05) is 0 Å². The third-order valence-corrected chi connectivity index (χ3v) is 2.47. The molecular weight excluding hydrogens is 235 g/mol. The predicted molar refractivity (Wildman–Crippen MR) is 63.6 cm³/mol. The second-order valence-electron chi connectivity index (χ2n) is 3.84. The van der Waals surface area contributed by atoms with Crippen molar-refractivity contribution in [2.75, 3.05) is 0 Å². The van der Waals surface area contributed by atoms with Crippen LogP contribution in [0.3, 0.4) is 0 Å². The Balaban J connectivity index is 2.09. The number of benzene rings is 1. The van der Waals surface area contributed by atoms with Crippen LogP contribution < -0.4 is 5.69 Å². The van der Waals surface area contributed by atoms with Crippen LogP contribution in [0.25, 0.3) is 0 Å². The van der Waals surface area contributed by atoms with Gasteiger partial charge in [-0.3, -0.25) is 9.36 Å². The molecule has 0 fully saturated rings. The molecule has 1 aromatic heterocycles. The maximum Gasteiger partial charge on any atom is 0.347 e. The molecule has 4 nitrogen and oxygen atoms in total. The van der Waals surface area contributed by atoms with Crippen LogP contribution in [0.2, 0.25) is 0 Å². The smallest absolute Gasteiger partial charge is 0.297 e. The first kappa shape index (κ1) is 12.2. The number of ketones is 1. The third kappa shape index (κ3) is 2.88. The lowest BCUT2D eigenvalue weighted by atomic mass is 10.1. The third-order valence-electron chi connectivity index (χ3n) is 2.47. The minimum absolute atomic E-state index is 0.0337. The van der Waals surface area contributed by atoms with Gasteiger partial charge in [-0.1, -0.05) is 18.2 Å². The maximum absolute atomic E-state index is 13.3. The first-order valence-electron chi connectivity index (χ1n) is 5.43. The van der Waals surface area contributed by atoms with Gasteiger partial charge in [-0.15, -0.1) is 0 Å². The van der Waals surface area contributed by atoms with E-state index in [0.717, 1.165) is 0 Å². The molecule has 0 amide bonds. The number of hydrogen-bond donors (Lipinski definition) is 0. The van der Waals surface area contributed by atoms with Gasteiger partial charge in [0.1, 0.15) is 5.82 Å². The van der Waals surface area contributed by atoms with Crippen molar-refractivity contribution in [3.8, 4) is 0 Å². The number of halogens is 1. The van der Waals surface area contributed by atoms with Gasteiger partial charge in [0, 0.05) is 18.8 Å². The topological polar surface area (TPSA) is 52.0 Å². The van der Waals surface area contributed by atoms with Gasteiger partial charge in [0.05, 0.1) is 6.54 Å². The standard InChI is InChI=1S/C13H11FN2O2/c14-12-5-2-1-4-10(12)8-11(17)9-16-7-3-6-15-13(16)18/h1-7H,8-9H2. The molecule has 0 radical (unpaired) electrons. The Bertz CT molecular complexity index is 622. The van der Waals surface area contributed by atoms with Gasteiger partial charge in [-0.2, -0.15) is 0 Å². The van der Waals surface area contributed by atoms with E-state index in [1.165, 1.54) is 23.0 Å². The zero-order chi connectivity index (χ0) is 13.0. The van der Waals surface area contributed by atoms with Crippen LogP contribution in [0.15, 0.2) is 47.5 Å². The summed E-state index contributed by atoms with van der Waals surface area (Å²) >= 11 is 0. The van der Waals surface area contributed by atoms with E-state index < -0.39 is 11.5 Å². The highest BCUT2D eigenvalue weighted by molar-refractivity contribution is 5.80. The van der Waals surface area contributed by atoms with E-state index in [-0.39, 0.29) is 18.7 Å². The summed E-state index contributed by atoms with van der Waals surface area (Å²) in [6.45, 7) is -0.0962. The molecule has 0 unspecified atom stereocenters. The Morgan fingerprint density at radius 3 is 2.78 bits per heavy atom. The number of nitrogens with zero attached hydrogens (tertiary/aromatic N) is 2. The lowest BCUT2D eigenvalue weighted by Crippen LogP contribution is -2.26. The highest BCUT2D eigenvalue weighted by Crippen LogP contribution is 2.07. The number of Topliss-reactive ketones (excluding diaryl/α,β-unsaturated/α-hetero) is 1. The Kier molecular flexibility index (Phi) is 3.62. The largest absolute Gasteiger partial charge is 0.347 e. The van der Waals surface area contributed by atoms with Gasteiger partial charge >= 0.3 is 5.69 Å². The molecule has 18 heavy (non-hydrogen) atoms. The highest BCUT2D eigenvalue weighted by atomic mass is 19.1. The summed E-state index contributed by atoms with van der Waals surface area (Å²) in [6, 6.07) is 7.66. The summed E-state index contributed by atoms with van der Waals surface area (Å²) in [6.07, 6.45) is 2.81. The summed E-state index contributed by atoms with van der Waals surface area (Å²) in [7, 11) is 0. The number of rotatable bonds is 4. The van der Waals surface area contributed by atoms with Gasteiger partial charge in [0.15, 0.2) is 5.78 Å². The van der Waals surface area contributed by atoms with Crippen molar-refractivity contribution in [2.24, 2.45) is 0 Å². The molecule has 5 heteroatoms. The molecule has 0 N–H and O–H groups in total. The van der Waals surface area contributed by atoms with Crippen molar-refractivity contribution in [3.05, 3.63) is 64.6 Å². The molecule has 0 spiro atoms. The molecule has 2 aromatic rings. The molecule has 92 valence electrons. The van der Waals surface area contributed by atoms with Gasteiger partial charge < -0.3 is 0 Å². The average molecular weight is 246 g/mol. The molecule has 0 bridgehead atoms. The molecule has 0 aliphatic carbocycles. The Morgan fingerprint density at radius 2 is 2.06 bits per heavy atom. The van der Waals surface area contributed by atoms with Crippen molar-refractivity contribution in [1.29, 1.82) is 0 Å². The number of hydrogen-bond acceptors (Lipinski definition) is 3. The van der Waals surface area contributed by atoms with Crippen LogP contribution >= 0.6 is 0 Å². The SMILES string of the molecule is O=C(Cc1ccccc1F)Cn1cccnc1=O. The summed E-state index contributed by atoms with van der Waals surface area (Å²) in [4.78, 5) is 26.6. The molecular formula is C13H11FN2O2. The van der Waals surface area contributed by atoms with E-state index in [0.29, 0.717) is 5.56 Å². The van der Waals surface area contributed by atoms with Gasteiger partial charge in [-0.25, -0.2) is 14.2 Å². The number of carbonyl (C=O) groups excluding carboxylic acids is 1. The van der Waals surface area contributed by atoms with Crippen molar-refractivity contribution in [2.45, 2.75) is 13.0 Å². The van der Waals surface area contributed by atoms with Crippen LogP contribution in [0.1, 0.15) is 5.56 Å². The molecule has 1 aromatic carbocycles. The lowest BCUT2D eigenvalue weighted by molar-refractivity contribution is -0.119. The minimum Gasteiger partial charge on any atom is -0.297 e. The summed E-state index contributed by atoms with van der Waals surface area (Å²) in [5.41, 5.74) is -0.154. The molecule has 0 atom stereocenters. The highest BCUT2D eigenvalue weighted by Gasteiger charge is 2.09. The fraction of sp³-hybridized carbons (Fsp3) is 0.154. The fourth-order valence-corrected chi connectivity index (χ4v) is 1.61. The zero-order valence-electron chi connectivity index (χ0n) is 9.54. The quantitative estimate of drug-likeness (QED) is 0.814.